The largest absolute Gasteiger partial charge is 0.287 e. The van der Waals surface area contributed by atoms with Gasteiger partial charge in [-0.3, -0.25) is 4.79 Å². The minimum absolute atomic E-state index is 0.00921. The molecule has 0 saturated heterocycles. The quantitative estimate of drug-likeness (QED) is 0.623. The summed E-state index contributed by atoms with van der Waals surface area (Å²) in [6, 6.07) is 5.85. The number of ketones is 1. The van der Waals surface area contributed by atoms with Crippen LogP contribution in [0.1, 0.15) is 16.1 Å². The van der Waals surface area contributed by atoms with Crippen LogP contribution in [0.25, 0.3) is 5.52 Å². The summed E-state index contributed by atoms with van der Waals surface area (Å²) in [4.78, 5) is 11.5. The molecule has 68 valence electrons. The molecule has 0 aromatic carbocycles. The molecule has 0 saturated carbocycles. The maximum absolute atomic E-state index is 11.5. The van der Waals surface area contributed by atoms with Gasteiger partial charge in [0.1, 0.15) is 5.69 Å². The maximum Gasteiger partial charge on any atom is 0.206 e. The van der Waals surface area contributed by atoms with Crippen LogP contribution in [0.5, 0.6) is 0 Å². The van der Waals surface area contributed by atoms with Crippen LogP contribution in [0.15, 0.2) is 36.5 Å². The zero-order valence-corrected chi connectivity index (χ0v) is 7.47. The average Bonchev–Trinajstić information content (AvgIpc) is 2.59. The molecule has 3 heteroatoms. The first-order valence-electron chi connectivity index (χ1n) is 4.53. The molecule has 0 atom stereocenters. The highest BCUT2D eigenvalue weighted by atomic mass is 16.1. The first-order chi connectivity index (χ1) is 6.86. The molecule has 3 nitrogen and oxygen atoms in total. The summed E-state index contributed by atoms with van der Waals surface area (Å²) >= 11 is 0. The second-order valence-electron chi connectivity index (χ2n) is 3.33. The van der Waals surface area contributed by atoms with Gasteiger partial charge in [0.15, 0.2) is 0 Å². The van der Waals surface area contributed by atoms with E-state index in [4.69, 9.17) is 0 Å². The van der Waals surface area contributed by atoms with Crippen LogP contribution in [0.3, 0.4) is 0 Å². The Labute approximate surface area is 80.7 Å². The summed E-state index contributed by atoms with van der Waals surface area (Å²) in [5.41, 5.74) is 2.66. The van der Waals surface area contributed by atoms with E-state index in [9.17, 15) is 4.79 Å². The van der Waals surface area contributed by atoms with Gasteiger partial charge in [-0.05, 0) is 24.6 Å². The Kier molecular flexibility index (Phi) is 1.36. The normalized spacial score (nSPS) is 14.7. The fourth-order valence-corrected chi connectivity index (χ4v) is 1.81. The number of fused-ring (bicyclic) bond motifs is 3. The Morgan fingerprint density at radius 2 is 2.29 bits per heavy atom. The number of carbonyl (C=O) groups is 1. The number of hydrogen-bond acceptors (Lipinski definition) is 2. The minimum atomic E-state index is 0.00921. The van der Waals surface area contributed by atoms with E-state index < -0.39 is 0 Å². The third-order valence-electron chi connectivity index (χ3n) is 2.47. The predicted octanol–water partition coefficient (Wildman–Crippen LogP) is 1.63. The summed E-state index contributed by atoms with van der Waals surface area (Å²) in [7, 11) is 0. The standard InChI is InChI=1S/C11H8N2O/c14-10-6-3-4-8-9-5-1-2-7-13(9)12-11(8)10/h1-3,5-7H,4H2. The van der Waals surface area contributed by atoms with Gasteiger partial charge in [0.2, 0.25) is 5.78 Å². The van der Waals surface area contributed by atoms with E-state index in [1.165, 1.54) is 0 Å². The lowest BCUT2D eigenvalue weighted by molar-refractivity contribution is 0.103. The lowest BCUT2D eigenvalue weighted by Crippen LogP contribution is -2.03. The van der Waals surface area contributed by atoms with E-state index in [0.717, 1.165) is 17.5 Å². The van der Waals surface area contributed by atoms with Crippen molar-refractivity contribution in [1.82, 2.24) is 9.61 Å². The van der Waals surface area contributed by atoms with Crippen LogP contribution < -0.4 is 0 Å². The van der Waals surface area contributed by atoms with Crippen molar-refractivity contribution < 1.29 is 4.79 Å². The monoisotopic (exact) mass is 184 g/mol. The molecule has 0 spiro atoms. The van der Waals surface area contributed by atoms with E-state index >= 15 is 0 Å². The Hall–Kier alpha value is -1.90. The van der Waals surface area contributed by atoms with Crippen LogP contribution in [-0.4, -0.2) is 15.4 Å². The van der Waals surface area contributed by atoms with E-state index in [1.807, 2.05) is 30.5 Å². The van der Waals surface area contributed by atoms with E-state index in [-0.39, 0.29) is 5.78 Å². The van der Waals surface area contributed by atoms with Gasteiger partial charge in [-0.25, -0.2) is 4.52 Å². The van der Waals surface area contributed by atoms with Crippen LogP contribution in [0.2, 0.25) is 0 Å². The molecule has 0 amide bonds. The fraction of sp³-hybridized carbons (Fsp3) is 0.0909. The number of carbonyl (C=O) groups excluding carboxylic acids is 1. The second-order valence-corrected chi connectivity index (χ2v) is 3.33. The van der Waals surface area contributed by atoms with E-state index in [0.29, 0.717) is 5.69 Å². The second kappa shape index (κ2) is 2.54. The van der Waals surface area contributed by atoms with Crippen LogP contribution in [-0.2, 0) is 6.42 Å². The van der Waals surface area contributed by atoms with Gasteiger partial charge in [0.25, 0.3) is 0 Å². The van der Waals surface area contributed by atoms with Crippen molar-refractivity contribution in [3.8, 4) is 0 Å². The van der Waals surface area contributed by atoms with Gasteiger partial charge < -0.3 is 0 Å². The number of aromatic nitrogens is 2. The molecule has 0 bridgehead atoms. The van der Waals surface area contributed by atoms with Gasteiger partial charge in [-0.15, -0.1) is 0 Å². The van der Waals surface area contributed by atoms with Crippen molar-refractivity contribution in [2.24, 2.45) is 0 Å². The Morgan fingerprint density at radius 1 is 1.36 bits per heavy atom. The highest BCUT2D eigenvalue weighted by molar-refractivity contribution is 6.06. The topological polar surface area (TPSA) is 34.4 Å². The summed E-state index contributed by atoms with van der Waals surface area (Å²) in [5, 5.41) is 4.25. The Bertz CT molecular complexity index is 551. The molecular formula is C11H8N2O. The van der Waals surface area contributed by atoms with E-state index in [2.05, 4.69) is 5.10 Å². The maximum atomic E-state index is 11.5. The molecule has 0 N–H and O–H groups in total. The van der Waals surface area contributed by atoms with Gasteiger partial charge >= 0.3 is 0 Å². The molecule has 1 aliphatic carbocycles. The van der Waals surface area contributed by atoms with Gasteiger partial charge in [0, 0.05) is 11.8 Å². The Morgan fingerprint density at radius 3 is 3.21 bits per heavy atom. The van der Waals surface area contributed by atoms with Crippen molar-refractivity contribution >= 4 is 11.3 Å². The van der Waals surface area contributed by atoms with Crippen molar-refractivity contribution in [2.45, 2.75) is 6.42 Å². The van der Waals surface area contributed by atoms with Crippen molar-refractivity contribution in [1.29, 1.82) is 0 Å². The van der Waals surface area contributed by atoms with E-state index in [1.54, 1.807) is 10.6 Å². The molecule has 2 aromatic rings. The molecule has 0 fully saturated rings. The molecule has 2 heterocycles. The van der Waals surface area contributed by atoms with Gasteiger partial charge in [0.05, 0.1) is 5.52 Å². The fourth-order valence-electron chi connectivity index (χ4n) is 1.81. The molecule has 0 unspecified atom stereocenters. The number of nitrogens with zero attached hydrogens (tertiary/aromatic N) is 2. The molecule has 14 heavy (non-hydrogen) atoms. The number of hydrogen-bond donors (Lipinski definition) is 0. The summed E-state index contributed by atoms with van der Waals surface area (Å²) in [6.45, 7) is 0. The zero-order valence-electron chi connectivity index (χ0n) is 7.47. The summed E-state index contributed by atoms with van der Waals surface area (Å²) < 4.78 is 1.76. The first-order valence-corrected chi connectivity index (χ1v) is 4.53. The van der Waals surface area contributed by atoms with Crippen molar-refractivity contribution in [2.75, 3.05) is 0 Å². The van der Waals surface area contributed by atoms with Crippen LogP contribution in [0.4, 0.5) is 0 Å². The summed E-state index contributed by atoms with van der Waals surface area (Å²) in [6.07, 6.45) is 6.14. The number of pyridine rings is 1. The highest BCUT2D eigenvalue weighted by Crippen LogP contribution is 2.20. The molecule has 1 aliphatic rings. The Balaban J connectivity index is 2.41. The third kappa shape index (κ3) is 0.865. The van der Waals surface area contributed by atoms with Crippen LogP contribution >= 0.6 is 0 Å². The van der Waals surface area contributed by atoms with Crippen molar-refractivity contribution in [3.63, 3.8) is 0 Å². The third-order valence-corrected chi connectivity index (χ3v) is 2.47. The number of allylic oxidation sites excluding steroid dienone is 2. The molecule has 2 aromatic heterocycles. The molecular weight excluding hydrogens is 176 g/mol. The average molecular weight is 184 g/mol. The highest BCUT2D eigenvalue weighted by Gasteiger charge is 2.18. The lowest BCUT2D eigenvalue weighted by Gasteiger charge is -2.00. The number of rotatable bonds is 0. The minimum Gasteiger partial charge on any atom is -0.287 e. The molecule has 0 aliphatic heterocycles. The van der Waals surface area contributed by atoms with Gasteiger partial charge in [-0.2, -0.15) is 5.10 Å². The first kappa shape index (κ1) is 7.50. The molecule has 0 radical (unpaired) electrons. The van der Waals surface area contributed by atoms with Gasteiger partial charge in [-0.1, -0.05) is 12.1 Å². The van der Waals surface area contributed by atoms with Crippen molar-refractivity contribution in [3.05, 3.63) is 47.8 Å². The predicted molar refractivity (Wildman–Crippen MR) is 52.4 cm³/mol. The zero-order chi connectivity index (χ0) is 9.54. The van der Waals surface area contributed by atoms with Crippen LogP contribution in [0, 0.1) is 0 Å². The smallest absolute Gasteiger partial charge is 0.206 e. The lowest BCUT2D eigenvalue weighted by atomic mass is 10.0. The SMILES string of the molecule is O=C1C=CCc2c1nn1ccccc21. The molecule has 3 rings (SSSR count). The summed E-state index contributed by atoms with van der Waals surface area (Å²) in [5.74, 6) is 0.00921.